The summed E-state index contributed by atoms with van der Waals surface area (Å²) in [6.45, 7) is 5.51. The van der Waals surface area contributed by atoms with Crippen LogP contribution in [0.2, 0.25) is 5.02 Å². The molecule has 1 unspecified atom stereocenters. The van der Waals surface area contributed by atoms with Gasteiger partial charge in [0.1, 0.15) is 5.82 Å². The molecule has 2 aliphatic rings. The highest BCUT2D eigenvalue weighted by Gasteiger charge is 2.31. The molecule has 2 aromatic carbocycles. The summed E-state index contributed by atoms with van der Waals surface area (Å²) < 4.78 is 13.9. The predicted octanol–water partition coefficient (Wildman–Crippen LogP) is 2.81. The molecular formula is C21H25ClFN2OS+. The van der Waals surface area contributed by atoms with E-state index < -0.39 is 0 Å². The van der Waals surface area contributed by atoms with Crippen molar-refractivity contribution in [2.45, 2.75) is 28.7 Å². The second-order valence-electron chi connectivity index (χ2n) is 7.37. The minimum absolute atomic E-state index is 0.185. The molecule has 2 heterocycles. The first kappa shape index (κ1) is 19.2. The van der Waals surface area contributed by atoms with Crippen molar-refractivity contribution >= 4 is 23.4 Å². The lowest BCUT2D eigenvalue weighted by Gasteiger charge is -2.37. The number of rotatable bonds is 4. The first-order valence-electron chi connectivity index (χ1n) is 9.58. The van der Waals surface area contributed by atoms with Crippen LogP contribution in [0.1, 0.15) is 23.6 Å². The van der Waals surface area contributed by atoms with Crippen LogP contribution in [-0.4, -0.2) is 49.3 Å². The highest BCUT2D eigenvalue weighted by molar-refractivity contribution is 7.99. The fourth-order valence-corrected chi connectivity index (χ4v) is 5.51. The lowest BCUT2D eigenvalue weighted by Crippen LogP contribution is -3.14. The first-order valence-corrected chi connectivity index (χ1v) is 10.8. The number of nitrogens with zero attached hydrogens (tertiary/aromatic N) is 1. The lowest BCUT2D eigenvalue weighted by molar-refractivity contribution is -0.905. The molecule has 2 aliphatic heterocycles. The van der Waals surface area contributed by atoms with Crippen molar-refractivity contribution in [1.29, 1.82) is 0 Å². The largest absolute Gasteiger partial charge is 0.396 e. The van der Waals surface area contributed by atoms with E-state index >= 15 is 0 Å². The van der Waals surface area contributed by atoms with Gasteiger partial charge in [-0.1, -0.05) is 29.4 Å². The molecule has 0 bridgehead atoms. The molecule has 4 rings (SSSR count). The van der Waals surface area contributed by atoms with Crippen LogP contribution in [0.5, 0.6) is 0 Å². The number of benzene rings is 2. The molecule has 0 spiro atoms. The summed E-state index contributed by atoms with van der Waals surface area (Å²) in [5.41, 5.74) is 2.46. The molecule has 1 saturated heterocycles. The molecule has 1 atom stereocenters. The van der Waals surface area contributed by atoms with Crippen LogP contribution in [0.3, 0.4) is 0 Å². The van der Waals surface area contributed by atoms with Crippen LogP contribution in [0, 0.1) is 5.82 Å². The van der Waals surface area contributed by atoms with Crippen molar-refractivity contribution in [2.24, 2.45) is 0 Å². The monoisotopic (exact) mass is 407 g/mol. The third-order valence-corrected chi connectivity index (χ3v) is 7.05. The van der Waals surface area contributed by atoms with Crippen LogP contribution >= 0.6 is 23.4 Å². The smallest absolute Gasteiger partial charge is 0.124 e. The van der Waals surface area contributed by atoms with Gasteiger partial charge < -0.3 is 10.0 Å². The summed E-state index contributed by atoms with van der Waals surface area (Å²) in [4.78, 5) is 6.28. The minimum Gasteiger partial charge on any atom is -0.396 e. The molecule has 144 valence electrons. The van der Waals surface area contributed by atoms with Gasteiger partial charge in [-0.3, -0.25) is 4.90 Å². The van der Waals surface area contributed by atoms with E-state index in [0.717, 1.165) is 55.5 Å². The molecule has 1 fully saturated rings. The predicted molar refractivity (Wildman–Crippen MR) is 107 cm³/mol. The SMILES string of the molecule is OCCC[NH+]1CCN(C2Cc3cc(Cl)ccc3Sc3cc(F)ccc32)CC1. The molecule has 0 aliphatic carbocycles. The van der Waals surface area contributed by atoms with Gasteiger partial charge in [0.05, 0.1) is 19.6 Å². The van der Waals surface area contributed by atoms with Gasteiger partial charge in [0, 0.05) is 47.0 Å². The van der Waals surface area contributed by atoms with E-state index in [4.69, 9.17) is 16.7 Å². The van der Waals surface area contributed by atoms with E-state index in [-0.39, 0.29) is 18.5 Å². The van der Waals surface area contributed by atoms with E-state index in [1.54, 1.807) is 28.8 Å². The molecule has 3 nitrogen and oxygen atoms in total. The second kappa shape index (κ2) is 8.50. The van der Waals surface area contributed by atoms with Crippen LogP contribution in [0.4, 0.5) is 4.39 Å². The van der Waals surface area contributed by atoms with Gasteiger partial charge in [-0.25, -0.2) is 4.39 Å². The highest BCUT2D eigenvalue weighted by atomic mass is 35.5. The van der Waals surface area contributed by atoms with Crippen molar-refractivity contribution in [1.82, 2.24) is 4.90 Å². The van der Waals surface area contributed by atoms with Crippen LogP contribution in [-0.2, 0) is 6.42 Å². The van der Waals surface area contributed by atoms with Gasteiger partial charge in [0.25, 0.3) is 0 Å². The molecule has 2 N–H and O–H groups in total. The Morgan fingerprint density at radius 1 is 1.15 bits per heavy atom. The zero-order valence-corrected chi connectivity index (χ0v) is 16.8. The van der Waals surface area contributed by atoms with Gasteiger partial charge in [-0.15, -0.1) is 0 Å². The summed E-state index contributed by atoms with van der Waals surface area (Å²) in [7, 11) is 0. The summed E-state index contributed by atoms with van der Waals surface area (Å²) in [5.74, 6) is -0.185. The van der Waals surface area contributed by atoms with Crippen LogP contribution in [0.15, 0.2) is 46.2 Å². The van der Waals surface area contributed by atoms with E-state index in [1.807, 2.05) is 12.1 Å². The lowest BCUT2D eigenvalue weighted by atomic mass is 9.96. The quantitative estimate of drug-likeness (QED) is 0.816. The highest BCUT2D eigenvalue weighted by Crippen LogP contribution is 2.43. The number of quaternary nitrogens is 1. The second-order valence-corrected chi connectivity index (χ2v) is 8.89. The van der Waals surface area contributed by atoms with E-state index in [9.17, 15) is 4.39 Å². The van der Waals surface area contributed by atoms with Gasteiger partial charge >= 0.3 is 0 Å². The number of piperazine rings is 1. The molecule has 0 saturated carbocycles. The normalized spacial score (nSPS) is 20.8. The van der Waals surface area contributed by atoms with Gasteiger partial charge in [0.15, 0.2) is 0 Å². The van der Waals surface area contributed by atoms with Crippen LogP contribution < -0.4 is 4.90 Å². The number of aliphatic hydroxyl groups excluding tert-OH is 1. The van der Waals surface area contributed by atoms with Gasteiger partial charge in [-0.05, 0) is 47.9 Å². The van der Waals surface area contributed by atoms with E-state index in [2.05, 4.69) is 17.0 Å². The maximum Gasteiger partial charge on any atom is 0.124 e. The fraction of sp³-hybridized carbons (Fsp3) is 0.429. The van der Waals surface area contributed by atoms with Crippen molar-refractivity contribution < 1.29 is 14.4 Å². The van der Waals surface area contributed by atoms with Crippen molar-refractivity contribution in [3.8, 4) is 0 Å². The Bertz CT molecular complexity index is 811. The van der Waals surface area contributed by atoms with Crippen LogP contribution in [0.25, 0.3) is 0 Å². The molecule has 6 heteroatoms. The van der Waals surface area contributed by atoms with Crippen molar-refractivity contribution in [3.63, 3.8) is 0 Å². The number of hydrogen-bond acceptors (Lipinski definition) is 3. The Morgan fingerprint density at radius 2 is 1.96 bits per heavy atom. The average Bonchev–Trinajstić information content (AvgIpc) is 2.82. The summed E-state index contributed by atoms with van der Waals surface area (Å²) in [6.07, 6.45) is 1.76. The maximum atomic E-state index is 13.9. The minimum atomic E-state index is -0.185. The molecule has 0 aromatic heterocycles. The first-order chi connectivity index (χ1) is 13.1. The zero-order chi connectivity index (χ0) is 18.8. The number of halogens is 2. The maximum absolute atomic E-state index is 13.9. The molecule has 2 aromatic rings. The van der Waals surface area contributed by atoms with Gasteiger partial charge in [0.2, 0.25) is 0 Å². The molecule has 0 amide bonds. The number of hydrogen-bond donors (Lipinski definition) is 2. The van der Waals surface area contributed by atoms with E-state index in [0.29, 0.717) is 0 Å². The van der Waals surface area contributed by atoms with Gasteiger partial charge in [-0.2, -0.15) is 0 Å². The Labute approximate surface area is 169 Å². The Balaban J connectivity index is 1.61. The Hall–Kier alpha value is -1.11. The van der Waals surface area contributed by atoms with Crippen molar-refractivity contribution in [3.05, 3.63) is 58.4 Å². The number of fused-ring (bicyclic) bond motifs is 2. The summed E-state index contributed by atoms with van der Waals surface area (Å²) in [6, 6.07) is 11.5. The molecule has 27 heavy (non-hydrogen) atoms. The van der Waals surface area contributed by atoms with Crippen molar-refractivity contribution in [2.75, 3.05) is 39.3 Å². The Morgan fingerprint density at radius 3 is 2.74 bits per heavy atom. The summed E-state index contributed by atoms with van der Waals surface area (Å²) in [5, 5.41) is 9.82. The van der Waals surface area contributed by atoms with E-state index in [1.165, 1.54) is 16.0 Å². The topological polar surface area (TPSA) is 27.9 Å². The summed E-state index contributed by atoms with van der Waals surface area (Å²) >= 11 is 7.91. The third-order valence-electron chi connectivity index (χ3n) is 5.62. The number of aliphatic hydroxyl groups is 1. The number of nitrogens with one attached hydrogen (secondary N) is 1. The molecular weight excluding hydrogens is 383 g/mol. The average molecular weight is 408 g/mol. The zero-order valence-electron chi connectivity index (χ0n) is 15.3. The fourth-order valence-electron chi connectivity index (χ4n) is 4.17. The molecule has 0 radical (unpaired) electrons. The Kier molecular flexibility index (Phi) is 6.05. The standard InChI is InChI=1S/C21H24ClFN2OS/c22-16-2-5-20-15(12-16)13-19(18-4-3-17(23)14-21(18)27-20)25-9-7-24(8-10-25)6-1-11-26/h2-5,12,14,19,26H,1,6-11,13H2/p+1. The third kappa shape index (κ3) is 4.33.